The van der Waals surface area contributed by atoms with Gasteiger partial charge in [0.1, 0.15) is 5.75 Å². The SMILES string of the molecule is CCOc1c(I)c(C)nc2cnccc12. The number of rotatable bonds is 2. The van der Waals surface area contributed by atoms with Crippen LogP contribution in [0, 0.1) is 10.5 Å². The van der Waals surface area contributed by atoms with Crippen LogP contribution in [0.4, 0.5) is 0 Å². The molecule has 4 heteroatoms. The van der Waals surface area contributed by atoms with Gasteiger partial charge in [-0.25, -0.2) is 0 Å². The molecule has 0 aliphatic heterocycles. The first kappa shape index (κ1) is 10.6. The van der Waals surface area contributed by atoms with Crippen molar-refractivity contribution in [1.29, 1.82) is 0 Å². The predicted molar refractivity (Wildman–Crippen MR) is 68.2 cm³/mol. The van der Waals surface area contributed by atoms with Gasteiger partial charge in [0.15, 0.2) is 0 Å². The minimum absolute atomic E-state index is 0.664. The zero-order valence-electron chi connectivity index (χ0n) is 8.62. The Balaban J connectivity index is 2.77. The zero-order valence-corrected chi connectivity index (χ0v) is 10.8. The molecule has 0 fully saturated rings. The van der Waals surface area contributed by atoms with Crippen molar-refractivity contribution in [2.24, 2.45) is 0 Å². The summed E-state index contributed by atoms with van der Waals surface area (Å²) in [6.07, 6.45) is 3.53. The fourth-order valence-corrected chi connectivity index (χ4v) is 2.03. The van der Waals surface area contributed by atoms with E-state index >= 15 is 0 Å². The molecule has 0 aliphatic rings. The monoisotopic (exact) mass is 314 g/mol. The summed E-state index contributed by atoms with van der Waals surface area (Å²) in [5.74, 6) is 0.919. The number of halogens is 1. The van der Waals surface area contributed by atoms with Crippen LogP contribution in [-0.2, 0) is 0 Å². The van der Waals surface area contributed by atoms with Gasteiger partial charge in [-0.2, -0.15) is 0 Å². The smallest absolute Gasteiger partial charge is 0.143 e. The van der Waals surface area contributed by atoms with Gasteiger partial charge in [0.2, 0.25) is 0 Å². The molecule has 0 bridgehead atoms. The Morgan fingerprint density at radius 3 is 3.00 bits per heavy atom. The molecule has 2 aromatic heterocycles. The van der Waals surface area contributed by atoms with Gasteiger partial charge >= 0.3 is 0 Å². The normalized spacial score (nSPS) is 10.6. The molecule has 2 aromatic rings. The standard InChI is InChI=1S/C11H11IN2O/c1-3-15-11-8-4-5-13-6-9(8)14-7(2)10(11)12/h4-6H,3H2,1-2H3. The highest BCUT2D eigenvalue weighted by Crippen LogP contribution is 2.31. The molecule has 0 N–H and O–H groups in total. The third-order valence-electron chi connectivity index (χ3n) is 2.14. The van der Waals surface area contributed by atoms with E-state index in [1.165, 1.54) is 0 Å². The lowest BCUT2D eigenvalue weighted by Crippen LogP contribution is -1.99. The van der Waals surface area contributed by atoms with Gasteiger partial charge < -0.3 is 4.74 Å². The van der Waals surface area contributed by atoms with Gasteiger partial charge in [-0.05, 0) is 42.5 Å². The van der Waals surface area contributed by atoms with E-state index in [0.717, 1.165) is 25.9 Å². The molecule has 0 aliphatic carbocycles. The molecule has 2 heterocycles. The van der Waals surface area contributed by atoms with Crippen molar-refractivity contribution in [3.8, 4) is 5.75 Å². The van der Waals surface area contributed by atoms with Crippen molar-refractivity contribution in [1.82, 2.24) is 9.97 Å². The third kappa shape index (κ3) is 1.90. The molecular formula is C11H11IN2O. The molecule has 3 nitrogen and oxygen atoms in total. The van der Waals surface area contributed by atoms with Crippen LogP contribution in [-0.4, -0.2) is 16.6 Å². The molecule has 0 spiro atoms. The average Bonchev–Trinajstić information content (AvgIpc) is 2.25. The Morgan fingerprint density at radius 1 is 1.47 bits per heavy atom. The molecular weight excluding hydrogens is 303 g/mol. The van der Waals surface area contributed by atoms with E-state index < -0.39 is 0 Å². The summed E-state index contributed by atoms with van der Waals surface area (Å²) in [5, 5.41) is 1.03. The summed E-state index contributed by atoms with van der Waals surface area (Å²) in [4.78, 5) is 8.53. The summed E-state index contributed by atoms with van der Waals surface area (Å²) in [7, 11) is 0. The Kier molecular flexibility index (Phi) is 3.04. The fourth-order valence-electron chi connectivity index (χ4n) is 1.46. The Labute approximate surface area is 102 Å². The minimum Gasteiger partial charge on any atom is -0.492 e. The predicted octanol–water partition coefficient (Wildman–Crippen LogP) is 2.94. The van der Waals surface area contributed by atoms with Crippen LogP contribution in [0.1, 0.15) is 12.6 Å². The van der Waals surface area contributed by atoms with Crippen molar-refractivity contribution >= 4 is 33.5 Å². The third-order valence-corrected chi connectivity index (χ3v) is 3.41. The first-order valence-electron chi connectivity index (χ1n) is 4.76. The number of fused-ring (bicyclic) bond motifs is 1. The van der Waals surface area contributed by atoms with E-state index in [-0.39, 0.29) is 0 Å². The average molecular weight is 314 g/mol. The molecule has 0 saturated heterocycles. The minimum atomic E-state index is 0.664. The molecule has 78 valence electrons. The lowest BCUT2D eigenvalue weighted by atomic mass is 10.2. The van der Waals surface area contributed by atoms with Crippen molar-refractivity contribution < 1.29 is 4.74 Å². The maximum atomic E-state index is 5.66. The van der Waals surface area contributed by atoms with Crippen LogP contribution in [0.15, 0.2) is 18.5 Å². The number of aryl methyl sites for hydroxylation is 1. The van der Waals surface area contributed by atoms with Gasteiger partial charge in [0.25, 0.3) is 0 Å². The van der Waals surface area contributed by atoms with Crippen molar-refractivity contribution in [2.45, 2.75) is 13.8 Å². The van der Waals surface area contributed by atoms with E-state index in [4.69, 9.17) is 4.74 Å². The van der Waals surface area contributed by atoms with Crippen molar-refractivity contribution in [3.63, 3.8) is 0 Å². The number of hydrogen-bond donors (Lipinski definition) is 0. The van der Waals surface area contributed by atoms with Crippen LogP contribution >= 0.6 is 22.6 Å². The number of pyridine rings is 2. The Hall–Kier alpha value is -0.910. The van der Waals surface area contributed by atoms with E-state index in [2.05, 4.69) is 32.6 Å². The molecule has 0 radical (unpaired) electrons. The van der Waals surface area contributed by atoms with Crippen LogP contribution < -0.4 is 4.74 Å². The summed E-state index contributed by atoms with van der Waals surface area (Å²) >= 11 is 2.27. The highest BCUT2D eigenvalue weighted by molar-refractivity contribution is 14.1. The van der Waals surface area contributed by atoms with E-state index in [0.29, 0.717) is 6.61 Å². The van der Waals surface area contributed by atoms with Crippen LogP contribution in [0.25, 0.3) is 10.9 Å². The van der Waals surface area contributed by atoms with Gasteiger partial charge in [-0.1, -0.05) is 0 Å². The summed E-state index contributed by atoms with van der Waals surface area (Å²) in [6, 6.07) is 1.94. The zero-order chi connectivity index (χ0) is 10.8. The summed E-state index contributed by atoms with van der Waals surface area (Å²) in [6.45, 7) is 4.63. The summed E-state index contributed by atoms with van der Waals surface area (Å²) in [5.41, 5.74) is 1.87. The summed E-state index contributed by atoms with van der Waals surface area (Å²) < 4.78 is 6.73. The van der Waals surface area contributed by atoms with Crippen molar-refractivity contribution in [2.75, 3.05) is 6.61 Å². The second-order valence-corrected chi connectivity index (χ2v) is 4.24. The number of ether oxygens (including phenoxy) is 1. The van der Waals surface area contributed by atoms with Crippen molar-refractivity contribution in [3.05, 3.63) is 27.7 Å². The second kappa shape index (κ2) is 4.30. The second-order valence-electron chi connectivity index (χ2n) is 3.17. The lowest BCUT2D eigenvalue weighted by Gasteiger charge is -2.10. The molecule has 0 saturated carbocycles. The van der Waals surface area contributed by atoms with Crippen LogP contribution in [0.3, 0.4) is 0 Å². The fraction of sp³-hybridized carbons (Fsp3) is 0.273. The highest BCUT2D eigenvalue weighted by Gasteiger charge is 2.10. The van der Waals surface area contributed by atoms with Gasteiger partial charge in [-0.15, -0.1) is 0 Å². The first-order chi connectivity index (χ1) is 7.24. The topological polar surface area (TPSA) is 35.0 Å². The molecule has 15 heavy (non-hydrogen) atoms. The van der Waals surface area contributed by atoms with E-state index in [1.54, 1.807) is 12.4 Å². The molecule has 0 atom stereocenters. The molecule has 2 rings (SSSR count). The highest BCUT2D eigenvalue weighted by atomic mass is 127. The largest absolute Gasteiger partial charge is 0.492 e. The number of hydrogen-bond acceptors (Lipinski definition) is 3. The van der Waals surface area contributed by atoms with Gasteiger partial charge in [0, 0.05) is 11.6 Å². The van der Waals surface area contributed by atoms with Crippen LogP contribution in [0.5, 0.6) is 5.75 Å². The molecule has 0 unspecified atom stereocenters. The number of aromatic nitrogens is 2. The van der Waals surface area contributed by atoms with Crippen LogP contribution in [0.2, 0.25) is 0 Å². The van der Waals surface area contributed by atoms with Gasteiger partial charge in [0.05, 0.1) is 27.6 Å². The van der Waals surface area contributed by atoms with E-state index in [9.17, 15) is 0 Å². The number of nitrogens with zero attached hydrogens (tertiary/aromatic N) is 2. The van der Waals surface area contributed by atoms with E-state index in [1.807, 2.05) is 19.9 Å². The quantitative estimate of drug-likeness (QED) is 0.800. The lowest BCUT2D eigenvalue weighted by molar-refractivity contribution is 0.341. The maximum Gasteiger partial charge on any atom is 0.143 e. The molecule has 0 aromatic carbocycles. The first-order valence-corrected chi connectivity index (χ1v) is 5.84. The maximum absolute atomic E-state index is 5.66. The van der Waals surface area contributed by atoms with Gasteiger partial charge in [-0.3, -0.25) is 9.97 Å². The Bertz CT molecular complexity index is 499. The Morgan fingerprint density at radius 2 is 2.27 bits per heavy atom. The molecule has 0 amide bonds.